The average molecular weight is 729 g/mol. The van der Waals surface area contributed by atoms with E-state index in [4.69, 9.17) is 9.47 Å². The van der Waals surface area contributed by atoms with Gasteiger partial charge >= 0.3 is 6.09 Å². The molecule has 52 heavy (non-hydrogen) atoms. The molecular weight excluding hydrogens is 681 g/mol. The number of fused-ring (bicyclic) bond motifs is 9. The molecule has 4 heterocycles. The van der Waals surface area contributed by atoms with E-state index in [0.29, 0.717) is 50.4 Å². The molecule has 2 unspecified atom stereocenters. The average Bonchev–Trinajstić information content (AvgIpc) is 4.00. The van der Waals surface area contributed by atoms with Crippen LogP contribution in [0.3, 0.4) is 0 Å². The fraction of sp³-hybridized carbons (Fsp3) is 0.575. The number of sulfonamides is 1. The number of likely N-dealkylation sites (tertiary alicyclic amines) is 2. The number of benzene rings is 2. The Kier molecular flexibility index (Phi) is 7.61. The van der Waals surface area contributed by atoms with Gasteiger partial charge < -0.3 is 23.8 Å². The van der Waals surface area contributed by atoms with Crippen LogP contribution in [0.2, 0.25) is 0 Å². The maximum absolute atomic E-state index is 15.0. The normalized spacial score (nSPS) is 26.7. The minimum atomic E-state index is -3.73. The van der Waals surface area contributed by atoms with Crippen molar-refractivity contribution in [2.24, 2.45) is 5.41 Å². The van der Waals surface area contributed by atoms with Crippen molar-refractivity contribution < 1.29 is 32.3 Å². The van der Waals surface area contributed by atoms with Gasteiger partial charge in [0.1, 0.15) is 11.4 Å². The van der Waals surface area contributed by atoms with E-state index < -0.39 is 32.2 Å². The third kappa shape index (κ3) is 5.41. The highest BCUT2D eigenvalue weighted by Gasteiger charge is 2.66. The van der Waals surface area contributed by atoms with Crippen LogP contribution in [-0.4, -0.2) is 83.8 Å². The molecule has 1 aromatic heterocycles. The zero-order valence-electron chi connectivity index (χ0n) is 30.4. The number of nitrogens with one attached hydrogen (secondary N) is 1. The highest BCUT2D eigenvalue weighted by atomic mass is 32.2. The Bertz CT molecular complexity index is 2130. The molecule has 3 aliphatic carbocycles. The van der Waals surface area contributed by atoms with E-state index in [1.54, 1.807) is 18.1 Å². The summed E-state index contributed by atoms with van der Waals surface area (Å²) in [5.41, 5.74) is 4.40. The second-order valence-electron chi connectivity index (χ2n) is 17.1. The highest BCUT2D eigenvalue weighted by Crippen LogP contribution is 2.66. The minimum absolute atomic E-state index is 0.0180. The number of piperazine rings is 1. The molecule has 1 N–H and O–H groups in total. The molecule has 0 spiro atoms. The topological polar surface area (TPSA) is 127 Å². The van der Waals surface area contributed by atoms with Crippen LogP contribution in [0.4, 0.5) is 4.79 Å². The van der Waals surface area contributed by atoms with Gasteiger partial charge in [0.25, 0.3) is 5.91 Å². The van der Waals surface area contributed by atoms with E-state index in [9.17, 15) is 18.0 Å². The molecule has 9 rings (SSSR count). The molecule has 0 radical (unpaired) electrons. The number of ether oxygens (including phenoxy) is 2. The number of hydrogen-bond acceptors (Lipinski definition) is 7. The Labute approximate surface area is 305 Å². The molecule has 6 aliphatic rings. The molecule has 12 heteroatoms. The summed E-state index contributed by atoms with van der Waals surface area (Å²) in [7, 11) is -2.06. The molecular formula is C40H48N4O7S. The van der Waals surface area contributed by atoms with Gasteiger partial charge in [-0.25, -0.2) is 17.9 Å². The first-order chi connectivity index (χ1) is 24.8. The summed E-state index contributed by atoms with van der Waals surface area (Å²) in [5, 5.41) is 0.547. The van der Waals surface area contributed by atoms with Crippen molar-refractivity contribution in [2.75, 3.05) is 20.2 Å². The second-order valence-corrected chi connectivity index (χ2v) is 19.1. The van der Waals surface area contributed by atoms with Gasteiger partial charge in [-0.3, -0.25) is 9.59 Å². The lowest BCUT2D eigenvalue weighted by atomic mass is 9.81. The van der Waals surface area contributed by atoms with Gasteiger partial charge in [-0.2, -0.15) is 0 Å². The molecule has 3 saturated carbocycles. The fourth-order valence-electron chi connectivity index (χ4n) is 9.82. The second kappa shape index (κ2) is 11.7. The predicted molar refractivity (Wildman–Crippen MR) is 196 cm³/mol. The van der Waals surface area contributed by atoms with Crippen LogP contribution < -0.4 is 9.46 Å². The monoisotopic (exact) mass is 728 g/mol. The summed E-state index contributed by atoms with van der Waals surface area (Å²) in [5.74, 6) is 0.544. The summed E-state index contributed by atoms with van der Waals surface area (Å²) >= 11 is 0. The fourth-order valence-corrected chi connectivity index (χ4v) is 11.1. The Balaban J connectivity index is 1.14. The smallest absolute Gasteiger partial charge is 0.410 e. The third-order valence-corrected chi connectivity index (χ3v) is 14.4. The molecule has 4 atom stereocenters. The number of aromatic nitrogens is 1. The SMILES string of the molecule is COc1ccc2c(c1)C1CC1(C(=O)N1C[C@@H]3C[C@H]1CN3C(=O)OC(C)(C)C)Cn1c-2c(C2CCCCC2)c2ccc(C(=O)NS(=O)(=O)C3CC3)cc21. The maximum Gasteiger partial charge on any atom is 0.410 e. The number of nitrogens with zero attached hydrogens (tertiary/aromatic N) is 3. The van der Waals surface area contributed by atoms with Gasteiger partial charge in [-0.15, -0.1) is 0 Å². The Morgan fingerprint density at radius 3 is 2.33 bits per heavy atom. The molecule has 5 fully saturated rings. The van der Waals surface area contributed by atoms with Crippen molar-refractivity contribution in [1.29, 1.82) is 0 Å². The quantitative estimate of drug-likeness (QED) is 0.316. The van der Waals surface area contributed by atoms with Gasteiger partial charge in [0.05, 0.1) is 35.6 Å². The number of carbonyl (C=O) groups is 3. The van der Waals surface area contributed by atoms with E-state index in [1.807, 2.05) is 43.9 Å². The molecule has 3 amide bonds. The molecule has 2 saturated heterocycles. The van der Waals surface area contributed by atoms with Crippen molar-refractivity contribution in [3.8, 4) is 17.0 Å². The van der Waals surface area contributed by atoms with Crippen LogP contribution in [0.15, 0.2) is 36.4 Å². The molecule has 3 aromatic rings. The van der Waals surface area contributed by atoms with Crippen LogP contribution in [0.1, 0.15) is 112 Å². The number of hydrogen-bond donors (Lipinski definition) is 1. The van der Waals surface area contributed by atoms with Crippen molar-refractivity contribution in [3.05, 3.63) is 53.1 Å². The van der Waals surface area contributed by atoms with Crippen molar-refractivity contribution >= 4 is 38.8 Å². The number of amides is 3. The summed E-state index contributed by atoms with van der Waals surface area (Å²) in [6.45, 7) is 6.98. The number of carbonyl (C=O) groups excluding carboxylic acids is 3. The van der Waals surface area contributed by atoms with Gasteiger partial charge in [0.15, 0.2) is 0 Å². The molecule has 2 aromatic carbocycles. The highest BCUT2D eigenvalue weighted by molar-refractivity contribution is 7.91. The van der Waals surface area contributed by atoms with E-state index in [1.165, 1.54) is 12.0 Å². The Morgan fingerprint density at radius 2 is 1.65 bits per heavy atom. The van der Waals surface area contributed by atoms with Crippen molar-refractivity contribution in [3.63, 3.8) is 0 Å². The Hall–Kier alpha value is -4.06. The van der Waals surface area contributed by atoms with Crippen LogP contribution >= 0.6 is 0 Å². The maximum atomic E-state index is 15.0. The summed E-state index contributed by atoms with van der Waals surface area (Å²) in [6.07, 6.45) is 7.87. The standard InChI is InChI=1S/C40H48N4O7S/c1-39(2,3)51-38(47)43-21-25-17-26(43)20-42(25)37(46)40-19-32(40)31-18-27(50-4)11-15-29(31)35-34(23-8-6-5-7-9-23)30-14-10-24(16-33(30)44(35)22-40)36(45)41-52(48,49)28-12-13-28/h10-11,14-16,18,23,25-26,28,32H,5-9,12-13,17,19-22H2,1-4H3,(H,41,45)/t25-,26-,32?,40?/m0/s1. The van der Waals surface area contributed by atoms with Crippen LogP contribution in [-0.2, 0) is 26.1 Å². The lowest BCUT2D eigenvalue weighted by Gasteiger charge is -2.37. The van der Waals surface area contributed by atoms with E-state index in [0.717, 1.165) is 65.6 Å². The zero-order valence-corrected chi connectivity index (χ0v) is 31.3. The zero-order chi connectivity index (χ0) is 36.3. The summed E-state index contributed by atoms with van der Waals surface area (Å²) in [4.78, 5) is 45.4. The van der Waals surface area contributed by atoms with Gasteiger partial charge in [-0.05, 0) is 107 Å². The van der Waals surface area contributed by atoms with Crippen LogP contribution in [0, 0.1) is 5.41 Å². The van der Waals surface area contributed by atoms with E-state index >= 15 is 4.79 Å². The predicted octanol–water partition coefficient (Wildman–Crippen LogP) is 6.29. The van der Waals surface area contributed by atoms with E-state index in [-0.39, 0.29) is 30.0 Å². The number of rotatable bonds is 6. The van der Waals surface area contributed by atoms with Gasteiger partial charge in [0, 0.05) is 47.6 Å². The van der Waals surface area contributed by atoms with Gasteiger partial charge in [0.2, 0.25) is 15.9 Å². The summed E-state index contributed by atoms with van der Waals surface area (Å²) < 4.78 is 41.6. The Morgan fingerprint density at radius 1 is 0.923 bits per heavy atom. The largest absolute Gasteiger partial charge is 0.497 e. The van der Waals surface area contributed by atoms with Crippen molar-refractivity contribution in [2.45, 2.75) is 120 Å². The van der Waals surface area contributed by atoms with Gasteiger partial charge in [-0.1, -0.05) is 25.3 Å². The third-order valence-electron chi connectivity index (χ3n) is 12.5. The molecule has 276 valence electrons. The first-order valence-corrected chi connectivity index (χ1v) is 20.5. The molecule has 3 aliphatic heterocycles. The lowest BCUT2D eigenvalue weighted by Crippen LogP contribution is -2.53. The molecule has 11 nitrogen and oxygen atoms in total. The first kappa shape index (κ1) is 33.8. The van der Waals surface area contributed by atoms with Crippen LogP contribution in [0.5, 0.6) is 5.75 Å². The van der Waals surface area contributed by atoms with Crippen LogP contribution in [0.25, 0.3) is 22.2 Å². The first-order valence-electron chi connectivity index (χ1n) is 19.0. The van der Waals surface area contributed by atoms with Crippen molar-refractivity contribution in [1.82, 2.24) is 19.1 Å². The lowest BCUT2D eigenvalue weighted by molar-refractivity contribution is -0.140. The minimum Gasteiger partial charge on any atom is -0.497 e. The molecule has 2 bridgehead atoms. The van der Waals surface area contributed by atoms with E-state index in [2.05, 4.69) is 21.4 Å². The number of methoxy groups -OCH3 is 1. The summed E-state index contributed by atoms with van der Waals surface area (Å²) in [6, 6.07) is 11.7.